The third-order valence-corrected chi connectivity index (χ3v) is 2.06. The third-order valence-electron chi connectivity index (χ3n) is 2.06. The molecule has 0 fully saturated rings. The lowest BCUT2D eigenvalue weighted by molar-refractivity contribution is -0.111. The molecule has 0 N–H and O–H groups in total. The largest absolute Gasteiger partial charge is 0.303 e. The van der Waals surface area contributed by atoms with Crippen molar-refractivity contribution in [2.24, 2.45) is 5.11 Å². The fourth-order valence-corrected chi connectivity index (χ4v) is 1.14. The van der Waals surface area contributed by atoms with Crippen LogP contribution in [0.2, 0.25) is 0 Å². The molecule has 0 aliphatic heterocycles. The van der Waals surface area contributed by atoms with E-state index in [1.807, 2.05) is 0 Å². The number of rotatable bonds is 7. The maximum Gasteiger partial charge on any atom is 0.131 e. The maximum atomic E-state index is 10.6. The van der Waals surface area contributed by atoms with Gasteiger partial charge in [-0.2, -0.15) is 0 Å². The van der Waals surface area contributed by atoms with E-state index in [1.165, 1.54) is 12.8 Å². The van der Waals surface area contributed by atoms with Crippen molar-refractivity contribution in [1.29, 1.82) is 0 Å². The summed E-state index contributed by atoms with van der Waals surface area (Å²) >= 11 is 0. The standard InChI is InChI=1S/C9H17N3O/c1-3-4-5-6-7-9(2,8-13)11-12-10/h8H,3-7H2,1-2H3/t9-/m0/s1. The minimum absolute atomic E-state index is 0.653. The molecule has 0 saturated carbocycles. The summed E-state index contributed by atoms with van der Waals surface area (Å²) in [6.45, 7) is 3.80. The van der Waals surface area contributed by atoms with Crippen LogP contribution in [0.1, 0.15) is 46.0 Å². The minimum Gasteiger partial charge on any atom is -0.303 e. The Kier molecular flexibility index (Phi) is 5.98. The van der Waals surface area contributed by atoms with Crippen molar-refractivity contribution in [2.45, 2.75) is 51.5 Å². The van der Waals surface area contributed by atoms with Crippen molar-refractivity contribution in [1.82, 2.24) is 0 Å². The summed E-state index contributed by atoms with van der Waals surface area (Å²) in [7, 11) is 0. The van der Waals surface area contributed by atoms with E-state index in [0.29, 0.717) is 6.42 Å². The molecule has 0 unspecified atom stereocenters. The molecular formula is C9H17N3O. The number of azide groups is 1. The zero-order valence-electron chi connectivity index (χ0n) is 8.36. The highest BCUT2D eigenvalue weighted by molar-refractivity contribution is 5.63. The van der Waals surface area contributed by atoms with E-state index in [9.17, 15) is 4.79 Å². The Balaban J connectivity index is 3.84. The summed E-state index contributed by atoms with van der Waals surface area (Å²) in [5.41, 5.74) is 7.40. The van der Waals surface area contributed by atoms with Gasteiger partial charge < -0.3 is 4.79 Å². The molecule has 0 aromatic rings. The molecule has 13 heavy (non-hydrogen) atoms. The molecule has 1 atom stereocenters. The van der Waals surface area contributed by atoms with Gasteiger partial charge in [-0.15, -0.1) is 0 Å². The van der Waals surface area contributed by atoms with Crippen LogP contribution >= 0.6 is 0 Å². The van der Waals surface area contributed by atoms with Gasteiger partial charge in [-0.25, -0.2) is 0 Å². The number of nitrogens with zero attached hydrogens (tertiary/aromatic N) is 3. The van der Waals surface area contributed by atoms with Crippen molar-refractivity contribution in [3.8, 4) is 0 Å². The summed E-state index contributed by atoms with van der Waals surface area (Å²) in [6.07, 6.45) is 5.77. The molecule has 0 radical (unpaired) electrons. The summed E-state index contributed by atoms with van der Waals surface area (Å²) in [5.74, 6) is 0. The Morgan fingerprint density at radius 2 is 2.15 bits per heavy atom. The van der Waals surface area contributed by atoms with Crippen molar-refractivity contribution in [2.75, 3.05) is 0 Å². The zero-order chi connectivity index (χ0) is 10.2. The smallest absolute Gasteiger partial charge is 0.131 e. The lowest BCUT2D eigenvalue weighted by atomic mass is 9.97. The molecule has 0 bridgehead atoms. The quantitative estimate of drug-likeness (QED) is 0.196. The molecule has 0 spiro atoms. The SMILES string of the molecule is CCCCCC[C@@](C)(C=O)N=[N+]=[N-]. The molecule has 0 heterocycles. The normalized spacial score (nSPS) is 14.3. The van der Waals surface area contributed by atoms with Crippen molar-refractivity contribution >= 4 is 6.29 Å². The number of unbranched alkanes of at least 4 members (excludes halogenated alkanes) is 3. The number of aldehydes is 1. The third kappa shape index (κ3) is 5.26. The Morgan fingerprint density at radius 3 is 2.62 bits per heavy atom. The van der Waals surface area contributed by atoms with Gasteiger partial charge in [0.15, 0.2) is 0 Å². The van der Waals surface area contributed by atoms with Gasteiger partial charge in [-0.1, -0.05) is 37.7 Å². The predicted octanol–water partition coefficient (Wildman–Crippen LogP) is 3.22. The molecule has 0 aliphatic rings. The van der Waals surface area contributed by atoms with Crippen LogP contribution in [-0.4, -0.2) is 11.8 Å². The Hall–Kier alpha value is -1.02. The summed E-state index contributed by atoms with van der Waals surface area (Å²) in [6, 6.07) is 0. The van der Waals surface area contributed by atoms with Gasteiger partial charge in [0.1, 0.15) is 11.8 Å². The average Bonchev–Trinajstić information content (AvgIpc) is 2.13. The fourth-order valence-electron chi connectivity index (χ4n) is 1.14. The minimum atomic E-state index is -0.831. The highest BCUT2D eigenvalue weighted by Gasteiger charge is 2.20. The molecule has 0 aromatic carbocycles. The topological polar surface area (TPSA) is 65.8 Å². The van der Waals surface area contributed by atoms with Gasteiger partial charge in [0.25, 0.3) is 0 Å². The second-order valence-corrected chi connectivity index (χ2v) is 3.48. The molecule has 0 saturated heterocycles. The van der Waals surface area contributed by atoms with E-state index in [2.05, 4.69) is 16.9 Å². The molecule has 0 aromatic heterocycles. The van der Waals surface area contributed by atoms with Crippen LogP contribution in [0.5, 0.6) is 0 Å². The molecule has 74 valence electrons. The number of hydrogen-bond acceptors (Lipinski definition) is 2. The monoisotopic (exact) mass is 183 g/mol. The molecule has 4 heteroatoms. The molecular weight excluding hydrogens is 166 g/mol. The first-order chi connectivity index (χ1) is 6.18. The number of carbonyl (C=O) groups excluding carboxylic acids is 1. The van der Waals surface area contributed by atoms with Gasteiger partial charge >= 0.3 is 0 Å². The molecule has 0 amide bonds. The van der Waals surface area contributed by atoms with Gasteiger partial charge in [0.05, 0.1) is 0 Å². The second kappa shape index (κ2) is 6.49. The Labute approximate surface area is 79.0 Å². The van der Waals surface area contributed by atoms with E-state index in [4.69, 9.17) is 5.53 Å². The van der Waals surface area contributed by atoms with Crippen LogP contribution in [0.4, 0.5) is 0 Å². The van der Waals surface area contributed by atoms with E-state index in [0.717, 1.165) is 19.1 Å². The second-order valence-electron chi connectivity index (χ2n) is 3.48. The van der Waals surface area contributed by atoms with Gasteiger partial charge in [-0.3, -0.25) is 0 Å². The number of hydrogen-bond donors (Lipinski definition) is 0. The van der Waals surface area contributed by atoms with Crippen LogP contribution < -0.4 is 0 Å². The number of carbonyl (C=O) groups is 1. The fraction of sp³-hybridized carbons (Fsp3) is 0.889. The van der Waals surface area contributed by atoms with Gasteiger partial charge in [-0.05, 0) is 18.9 Å². The first-order valence-electron chi connectivity index (χ1n) is 4.71. The molecule has 4 nitrogen and oxygen atoms in total. The van der Waals surface area contributed by atoms with E-state index < -0.39 is 5.54 Å². The lowest BCUT2D eigenvalue weighted by Gasteiger charge is -2.15. The van der Waals surface area contributed by atoms with E-state index >= 15 is 0 Å². The van der Waals surface area contributed by atoms with Gasteiger partial charge in [0, 0.05) is 4.91 Å². The van der Waals surface area contributed by atoms with Crippen LogP contribution in [0, 0.1) is 0 Å². The Bertz CT molecular complexity index is 199. The summed E-state index contributed by atoms with van der Waals surface area (Å²) in [4.78, 5) is 13.3. The molecule has 0 rings (SSSR count). The first kappa shape index (κ1) is 12.0. The van der Waals surface area contributed by atoms with Crippen molar-refractivity contribution < 1.29 is 4.79 Å². The average molecular weight is 183 g/mol. The van der Waals surface area contributed by atoms with E-state index in [1.54, 1.807) is 6.92 Å². The molecule has 0 aliphatic carbocycles. The maximum absolute atomic E-state index is 10.6. The van der Waals surface area contributed by atoms with Crippen LogP contribution in [0.15, 0.2) is 5.11 Å². The van der Waals surface area contributed by atoms with Gasteiger partial charge in [0.2, 0.25) is 0 Å². The zero-order valence-corrected chi connectivity index (χ0v) is 8.36. The summed E-state index contributed by atoms with van der Waals surface area (Å²) in [5, 5.41) is 3.48. The predicted molar refractivity (Wildman–Crippen MR) is 52.4 cm³/mol. The van der Waals surface area contributed by atoms with E-state index in [-0.39, 0.29) is 0 Å². The first-order valence-corrected chi connectivity index (χ1v) is 4.71. The summed E-state index contributed by atoms with van der Waals surface area (Å²) < 4.78 is 0. The highest BCUT2D eigenvalue weighted by atomic mass is 16.1. The van der Waals surface area contributed by atoms with Crippen LogP contribution in [-0.2, 0) is 4.79 Å². The Morgan fingerprint density at radius 1 is 1.46 bits per heavy atom. The van der Waals surface area contributed by atoms with Crippen LogP contribution in [0.25, 0.3) is 10.4 Å². The highest BCUT2D eigenvalue weighted by Crippen LogP contribution is 2.17. The van der Waals surface area contributed by atoms with Crippen LogP contribution in [0.3, 0.4) is 0 Å². The van der Waals surface area contributed by atoms with Crippen molar-refractivity contribution in [3.05, 3.63) is 10.4 Å². The van der Waals surface area contributed by atoms with Crippen molar-refractivity contribution in [3.63, 3.8) is 0 Å². The lowest BCUT2D eigenvalue weighted by Crippen LogP contribution is -2.22.